The fourth-order valence-electron chi connectivity index (χ4n) is 2.54. The zero-order chi connectivity index (χ0) is 17.7. The summed E-state index contributed by atoms with van der Waals surface area (Å²) in [5.74, 6) is 1.29. The summed E-state index contributed by atoms with van der Waals surface area (Å²) < 4.78 is 12.2. The highest BCUT2D eigenvalue weighted by Gasteiger charge is 2.14. The molecule has 1 aromatic heterocycles. The molecule has 0 saturated carbocycles. The van der Waals surface area contributed by atoms with Crippen molar-refractivity contribution in [2.75, 3.05) is 14.2 Å². The zero-order valence-electron chi connectivity index (χ0n) is 14.7. The van der Waals surface area contributed by atoms with Gasteiger partial charge in [0.15, 0.2) is 11.5 Å². The zero-order valence-corrected chi connectivity index (χ0v) is 14.7. The molecule has 0 aliphatic heterocycles. The molecule has 2 rings (SSSR count). The molecule has 0 fully saturated rings. The largest absolute Gasteiger partial charge is 0.493 e. The van der Waals surface area contributed by atoms with Crippen LogP contribution in [0.15, 0.2) is 24.4 Å². The predicted octanol–water partition coefficient (Wildman–Crippen LogP) is 2.31. The van der Waals surface area contributed by atoms with Crippen LogP contribution in [0.25, 0.3) is 0 Å². The molecule has 0 aliphatic rings. The average Bonchev–Trinajstić information content (AvgIpc) is 2.91. The number of hydrogen-bond donors (Lipinski definition) is 2. The highest BCUT2D eigenvalue weighted by Crippen LogP contribution is 2.27. The topological polar surface area (TPSA) is 77.4 Å². The second kappa shape index (κ2) is 7.72. The van der Waals surface area contributed by atoms with Crippen LogP contribution in [-0.2, 0) is 13.6 Å². The maximum absolute atomic E-state index is 12.1. The van der Waals surface area contributed by atoms with Crippen LogP contribution >= 0.6 is 0 Å². The molecule has 1 aromatic carbocycles. The lowest BCUT2D eigenvalue weighted by Gasteiger charge is -2.15. The van der Waals surface area contributed by atoms with Gasteiger partial charge in [0, 0.05) is 25.4 Å². The van der Waals surface area contributed by atoms with Crippen LogP contribution < -0.4 is 20.1 Å². The third kappa shape index (κ3) is 4.18. The molecule has 1 atom stereocenters. The number of benzene rings is 1. The van der Waals surface area contributed by atoms with Crippen molar-refractivity contribution in [2.45, 2.75) is 26.4 Å². The number of ether oxygens (including phenoxy) is 2. The van der Waals surface area contributed by atoms with Crippen molar-refractivity contribution in [3.8, 4) is 11.5 Å². The third-order valence-corrected chi connectivity index (χ3v) is 3.77. The minimum atomic E-state index is -0.236. The number of urea groups is 1. The summed E-state index contributed by atoms with van der Waals surface area (Å²) in [4.78, 5) is 12.1. The highest BCUT2D eigenvalue weighted by atomic mass is 16.5. The Hall–Kier alpha value is -2.70. The summed E-state index contributed by atoms with van der Waals surface area (Å²) >= 11 is 0. The predicted molar refractivity (Wildman–Crippen MR) is 91.3 cm³/mol. The van der Waals surface area contributed by atoms with E-state index < -0.39 is 0 Å². The summed E-state index contributed by atoms with van der Waals surface area (Å²) in [6.07, 6.45) is 1.91. The monoisotopic (exact) mass is 332 g/mol. The third-order valence-electron chi connectivity index (χ3n) is 3.77. The Balaban J connectivity index is 1.92. The number of carbonyl (C=O) groups is 1. The minimum absolute atomic E-state index is 0.121. The molecule has 7 nitrogen and oxygen atoms in total. The van der Waals surface area contributed by atoms with Gasteiger partial charge < -0.3 is 20.1 Å². The molecule has 0 saturated heterocycles. The Bertz CT molecular complexity index is 712. The molecule has 24 heavy (non-hydrogen) atoms. The molecule has 2 amide bonds. The van der Waals surface area contributed by atoms with Crippen molar-refractivity contribution in [1.29, 1.82) is 0 Å². The van der Waals surface area contributed by atoms with Crippen LogP contribution in [0.1, 0.15) is 29.8 Å². The summed E-state index contributed by atoms with van der Waals surface area (Å²) in [6.45, 7) is 4.25. The Labute approximate surface area is 142 Å². The fourth-order valence-corrected chi connectivity index (χ4v) is 2.54. The Morgan fingerprint density at radius 1 is 1.29 bits per heavy atom. The molecule has 1 unspecified atom stereocenters. The van der Waals surface area contributed by atoms with Gasteiger partial charge in [0.25, 0.3) is 0 Å². The molecule has 2 N–H and O–H groups in total. The molecular weight excluding hydrogens is 308 g/mol. The number of hydrogen-bond acceptors (Lipinski definition) is 4. The van der Waals surface area contributed by atoms with E-state index in [2.05, 4.69) is 15.7 Å². The van der Waals surface area contributed by atoms with Crippen LogP contribution in [0.5, 0.6) is 11.5 Å². The van der Waals surface area contributed by atoms with E-state index in [0.717, 1.165) is 16.8 Å². The maximum atomic E-state index is 12.1. The van der Waals surface area contributed by atoms with E-state index in [1.165, 1.54) is 0 Å². The molecule has 1 heterocycles. The normalized spacial score (nSPS) is 11.7. The first-order valence-electron chi connectivity index (χ1n) is 7.70. The van der Waals surface area contributed by atoms with Gasteiger partial charge in [-0.1, -0.05) is 6.07 Å². The molecule has 0 bridgehead atoms. The Kier molecular flexibility index (Phi) is 5.68. The molecule has 0 spiro atoms. The summed E-state index contributed by atoms with van der Waals surface area (Å²) in [6, 6.07) is 5.18. The highest BCUT2D eigenvalue weighted by molar-refractivity contribution is 5.74. The number of nitrogens with zero attached hydrogens (tertiary/aromatic N) is 2. The van der Waals surface area contributed by atoms with Gasteiger partial charge in [0.1, 0.15) is 0 Å². The smallest absolute Gasteiger partial charge is 0.315 e. The van der Waals surface area contributed by atoms with Crippen molar-refractivity contribution in [3.63, 3.8) is 0 Å². The number of amides is 2. The van der Waals surface area contributed by atoms with Gasteiger partial charge in [-0.25, -0.2) is 4.79 Å². The van der Waals surface area contributed by atoms with Crippen molar-refractivity contribution < 1.29 is 14.3 Å². The summed E-state index contributed by atoms with van der Waals surface area (Å²) in [5.41, 5.74) is 2.83. The first kappa shape index (κ1) is 17.7. The Morgan fingerprint density at radius 2 is 2.00 bits per heavy atom. The van der Waals surface area contributed by atoms with Crippen molar-refractivity contribution in [1.82, 2.24) is 20.4 Å². The van der Waals surface area contributed by atoms with E-state index in [1.807, 2.05) is 45.3 Å². The van der Waals surface area contributed by atoms with Crippen LogP contribution in [0.4, 0.5) is 4.79 Å². The van der Waals surface area contributed by atoms with Crippen molar-refractivity contribution in [3.05, 3.63) is 41.2 Å². The van der Waals surface area contributed by atoms with Crippen molar-refractivity contribution >= 4 is 6.03 Å². The van der Waals surface area contributed by atoms with E-state index in [0.29, 0.717) is 18.0 Å². The number of aryl methyl sites for hydroxylation is 2. The summed E-state index contributed by atoms with van der Waals surface area (Å²) in [5, 5.41) is 10.0. The molecule has 0 aliphatic carbocycles. The van der Waals surface area contributed by atoms with Gasteiger partial charge in [0.2, 0.25) is 0 Å². The lowest BCUT2D eigenvalue weighted by Crippen LogP contribution is -2.36. The number of nitrogens with one attached hydrogen (secondary N) is 2. The lowest BCUT2D eigenvalue weighted by atomic mass is 10.1. The van der Waals surface area contributed by atoms with Gasteiger partial charge in [0.05, 0.1) is 26.0 Å². The van der Waals surface area contributed by atoms with Crippen LogP contribution in [0.3, 0.4) is 0 Å². The van der Waals surface area contributed by atoms with E-state index in [9.17, 15) is 4.79 Å². The molecular formula is C17H24N4O3. The number of aromatic nitrogens is 2. The van der Waals surface area contributed by atoms with Crippen molar-refractivity contribution in [2.24, 2.45) is 7.05 Å². The van der Waals surface area contributed by atoms with Crippen LogP contribution in [0.2, 0.25) is 0 Å². The van der Waals surface area contributed by atoms with Gasteiger partial charge in [-0.05, 0) is 31.5 Å². The van der Waals surface area contributed by atoms with E-state index >= 15 is 0 Å². The SMILES string of the molecule is COc1ccc(CNC(=O)NC(C)c2cn(C)nc2C)cc1OC. The van der Waals surface area contributed by atoms with E-state index in [1.54, 1.807) is 18.9 Å². The summed E-state index contributed by atoms with van der Waals surface area (Å²) in [7, 11) is 5.03. The quantitative estimate of drug-likeness (QED) is 0.851. The second-order valence-corrected chi connectivity index (χ2v) is 5.58. The minimum Gasteiger partial charge on any atom is -0.493 e. The van der Waals surface area contributed by atoms with Gasteiger partial charge in [-0.3, -0.25) is 4.68 Å². The number of rotatable bonds is 6. The average molecular weight is 332 g/mol. The maximum Gasteiger partial charge on any atom is 0.315 e. The first-order chi connectivity index (χ1) is 11.4. The standard InChI is InChI=1S/C17H24N4O3/c1-11(14-10-21(3)20-12(14)2)19-17(22)18-9-13-6-7-15(23-4)16(8-13)24-5/h6-8,10-11H,9H2,1-5H3,(H2,18,19,22). The van der Waals surface area contributed by atoms with Gasteiger partial charge >= 0.3 is 6.03 Å². The van der Waals surface area contributed by atoms with E-state index in [4.69, 9.17) is 9.47 Å². The Morgan fingerprint density at radius 3 is 2.58 bits per heavy atom. The van der Waals surface area contributed by atoms with Gasteiger partial charge in [-0.2, -0.15) is 5.10 Å². The number of methoxy groups -OCH3 is 2. The molecule has 130 valence electrons. The second-order valence-electron chi connectivity index (χ2n) is 5.58. The molecule has 7 heteroatoms. The van der Waals surface area contributed by atoms with E-state index in [-0.39, 0.29) is 12.1 Å². The van der Waals surface area contributed by atoms with Crippen LogP contribution in [-0.4, -0.2) is 30.0 Å². The van der Waals surface area contributed by atoms with Gasteiger partial charge in [-0.15, -0.1) is 0 Å². The van der Waals surface area contributed by atoms with Crippen LogP contribution in [0, 0.1) is 6.92 Å². The number of carbonyl (C=O) groups excluding carboxylic acids is 1. The lowest BCUT2D eigenvalue weighted by molar-refractivity contribution is 0.237. The molecule has 0 radical (unpaired) electrons. The fraction of sp³-hybridized carbons (Fsp3) is 0.412. The first-order valence-corrected chi connectivity index (χ1v) is 7.70. The molecule has 2 aromatic rings.